The Morgan fingerprint density at radius 3 is 2.54 bits per heavy atom. The molecule has 0 saturated carbocycles. The summed E-state index contributed by atoms with van der Waals surface area (Å²) >= 11 is 0. The van der Waals surface area contributed by atoms with Gasteiger partial charge in [0.2, 0.25) is 0 Å². The maximum atomic E-state index is 12.9. The van der Waals surface area contributed by atoms with Gasteiger partial charge < -0.3 is 10.8 Å². The molecule has 0 aliphatic rings. The van der Waals surface area contributed by atoms with Crippen LogP contribution in [0, 0.1) is 5.82 Å². The van der Waals surface area contributed by atoms with Gasteiger partial charge in [0.15, 0.2) is 0 Å². The minimum absolute atomic E-state index is 0. The number of hydrogen-bond acceptors (Lipinski definition) is 2. The van der Waals surface area contributed by atoms with Crippen molar-refractivity contribution in [2.45, 2.75) is 6.54 Å². The quantitative estimate of drug-likeness (QED) is 0.767. The van der Waals surface area contributed by atoms with Crippen molar-refractivity contribution in [2.75, 3.05) is 0 Å². The second kappa shape index (κ2) is 4.79. The van der Waals surface area contributed by atoms with E-state index in [-0.39, 0.29) is 30.1 Å². The molecule has 5 heteroatoms. The fourth-order valence-corrected chi connectivity index (χ4v) is 0.966. The van der Waals surface area contributed by atoms with E-state index in [9.17, 15) is 9.18 Å². The first kappa shape index (κ1) is 11.9. The molecule has 13 heavy (non-hydrogen) atoms. The number of aromatic carboxylic acids is 1. The highest BCUT2D eigenvalue weighted by Crippen LogP contribution is 2.12. The van der Waals surface area contributed by atoms with Gasteiger partial charge in [-0.25, -0.2) is 9.18 Å². The molecule has 0 aliphatic carbocycles. The van der Waals surface area contributed by atoms with Gasteiger partial charge in [0.05, 0.1) is 5.56 Å². The minimum atomic E-state index is -1.16. The van der Waals surface area contributed by atoms with E-state index in [1.54, 1.807) is 0 Å². The van der Waals surface area contributed by atoms with E-state index in [0.717, 1.165) is 0 Å². The first-order chi connectivity index (χ1) is 5.66. The summed E-state index contributed by atoms with van der Waals surface area (Å²) in [5.74, 6) is -1.73. The highest BCUT2D eigenvalue weighted by molar-refractivity contribution is 5.89. The fourth-order valence-electron chi connectivity index (χ4n) is 0.966. The van der Waals surface area contributed by atoms with Gasteiger partial charge in [0.25, 0.3) is 0 Å². The van der Waals surface area contributed by atoms with Gasteiger partial charge in [-0.1, -0.05) is 6.07 Å². The number of rotatable bonds is 2. The summed E-state index contributed by atoms with van der Waals surface area (Å²) in [7, 11) is 0. The lowest BCUT2D eigenvalue weighted by atomic mass is 10.1. The molecule has 3 nitrogen and oxygen atoms in total. The molecule has 72 valence electrons. The molecule has 0 bridgehead atoms. The highest BCUT2D eigenvalue weighted by Gasteiger charge is 2.11. The monoisotopic (exact) mass is 205 g/mol. The summed E-state index contributed by atoms with van der Waals surface area (Å²) in [6, 6.07) is 3.86. The molecule has 0 fully saturated rings. The average Bonchev–Trinajstić information content (AvgIpc) is 2.03. The molecule has 0 amide bonds. The van der Waals surface area contributed by atoms with Gasteiger partial charge >= 0.3 is 5.97 Å². The van der Waals surface area contributed by atoms with Crippen LogP contribution in [0.2, 0.25) is 0 Å². The molecule has 3 N–H and O–H groups in total. The van der Waals surface area contributed by atoms with Crippen molar-refractivity contribution in [3.05, 3.63) is 35.1 Å². The molecular weight excluding hydrogens is 197 g/mol. The first-order valence-corrected chi connectivity index (χ1v) is 3.37. The van der Waals surface area contributed by atoms with E-state index in [1.165, 1.54) is 18.2 Å². The van der Waals surface area contributed by atoms with Crippen LogP contribution >= 0.6 is 12.4 Å². The molecule has 0 spiro atoms. The molecule has 0 radical (unpaired) electrons. The van der Waals surface area contributed by atoms with Gasteiger partial charge in [-0.15, -0.1) is 12.4 Å². The third kappa shape index (κ3) is 2.40. The standard InChI is InChI=1S/C8H8FNO2.ClH/c9-7-3-1-2-5(8(11)12)6(7)4-10;/h1-3H,4,10H2,(H,11,12);1H. The number of carboxylic acids is 1. The van der Waals surface area contributed by atoms with Crippen LogP contribution in [0.3, 0.4) is 0 Å². The third-order valence-corrected chi connectivity index (χ3v) is 1.55. The van der Waals surface area contributed by atoms with Crippen LogP contribution < -0.4 is 5.73 Å². The smallest absolute Gasteiger partial charge is 0.336 e. The lowest BCUT2D eigenvalue weighted by Crippen LogP contribution is -2.08. The Morgan fingerprint density at radius 2 is 2.15 bits per heavy atom. The molecule has 0 saturated heterocycles. The molecular formula is C8H9ClFNO2. The number of hydrogen-bond donors (Lipinski definition) is 2. The molecule has 0 unspecified atom stereocenters. The van der Waals surface area contributed by atoms with Gasteiger partial charge in [-0.3, -0.25) is 0 Å². The summed E-state index contributed by atoms with van der Waals surface area (Å²) in [4.78, 5) is 10.5. The van der Waals surface area contributed by atoms with Crippen molar-refractivity contribution in [1.82, 2.24) is 0 Å². The molecule has 1 aromatic carbocycles. The summed E-state index contributed by atoms with van der Waals surface area (Å²) in [6.07, 6.45) is 0. The predicted molar refractivity (Wildman–Crippen MR) is 48.5 cm³/mol. The summed E-state index contributed by atoms with van der Waals surface area (Å²) < 4.78 is 12.9. The second-order valence-corrected chi connectivity index (χ2v) is 2.28. The van der Waals surface area contributed by atoms with Crippen LogP contribution in [0.15, 0.2) is 18.2 Å². The lowest BCUT2D eigenvalue weighted by molar-refractivity contribution is 0.0695. The SMILES string of the molecule is Cl.NCc1c(F)cccc1C(=O)O. The molecule has 0 heterocycles. The van der Waals surface area contributed by atoms with Crippen molar-refractivity contribution >= 4 is 18.4 Å². The van der Waals surface area contributed by atoms with E-state index >= 15 is 0 Å². The third-order valence-electron chi connectivity index (χ3n) is 1.55. The van der Waals surface area contributed by atoms with E-state index in [2.05, 4.69) is 0 Å². The largest absolute Gasteiger partial charge is 0.478 e. The Morgan fingerprint density at radius 1 is 1.54 bits per heavy atom. The Labute approximate surface area is 80.8 Å². The van der Waals surface area contributed by atoms with E-state index < -0.39 is 11.8 Å². The van der Waals surface area contributed by atoms with Gasteiger partial charge in [-0.05, 0) is 12.1 Å². The number of benzene rings is 1. The summed E-state index contributed by atoms with van der Waals surface area (Å²) in [5, 5.41) is 8.60. The van der Waals surface area contributed by atoms with E-state index in [0.29, 0.717) is 0 Å². The predicted octanol–water partition coefficient (Wildman–Crippen LogP) is 1.40. The second-order valence-electron chi connectivity index (χ2n) is 2.28. The maximum Gasteiger partial charge on any atom is 0.336 e. The van der Waals surface area contributed by atoms with E-state index in [4.69, 9.17) is 10.8 Å². The van der Waals surface area contributed by atoms with Crippen molar-refractivity contribution in [3.8, 4) is 0 Å². The maximum absolute atomic E-state index is 12.9. The minimum Gasteiger partial charge on any atom is -0.478 e. The van der Waals surface area contributed by atoms with Crippen molar-refractivity contribution < 1.29 is 14.3 Å². The summed E-state index contributed by atoms with van der Waals surface area (Å²) in [5.41, 5.74) is 5.16. The van der Waals surface area contributed by atoms with Crippen LogP contribution in [0.1, 0.15) is 15.9 Å². The molecule has 0 aromatic heterocycles. The van der Waals surface area contributed by atoms with Gasteiger partial charge in [0.1, 0.15) is 5.82 Å². The molecule has 1 rings (SSSR count). The van der Waals surface area contributed by atoms with Crippen molar-refractivity contribution in [1.29, 1.82) is 0 Å². The topological polar surface area (TPSA) is 63.3 Å². The number of nitrogens with two attached hydrogens (primary N) is 1. The van der Waals surface area contributed by atoms with Gasteiger partial charge in [-0.2, -0.15) is 0 Å². The highest BCUT2D eigenvalue weighted by atomic mass is 35.5. The average molecular weight is 206 g/mol. The Kier molecular flexibility index (Phi) is 4.37. The summed E-state index contributed by atoms with van der Waals surface area (Å²) in [6.45, 7) is -0.103. The van der Waals surface area contributed by atoms with Crippen LogP contribution in [-0.4, -0.2) is 11.1 Å². The van der Waals surface area contributed by atoms with Crippen LogP contribution in [0.4, 0.5) is 4.39 Å². The first-order valence-electron chi connectivity index (χ1n) is 3.37. The van der Waals surface area contributed by atoms with Crippen molar-refractivity contribution in [2.24, 2.45) is 5.73 Å². The molecule has 1 aromatic rings. The molecule has 0 atom stereocenters. The van der Waals surface area contributed by atoms with Crippen LogP contribution in [0.25, 0.3) is 0 Å². The zero-order valence-electron chi connectivity index (χ0n) is 6.66. The Bertz CT molecular complexity index is 317. The normalized spacial score (nSPS) is 9.08. The number of halogens is 2. The van der Waals surface area contributed by atoms with Gasteiger partial charge in [0, 0.05) is 12.1 Å². The number of carboxylic acid groups (broad SMARTS) is 1. The lowest BCUT2D eigenvalue weighted by Gasteiger charge is -2.02. The van der Waals surface area contributed by atoms with Crippen molar-refractivity contribution in [3.63, 3.8) is 0 Å². The number of carbonyl (C=O) groups is 1. The zero-order valence-corrected chi connectivity index (χ0v) is 7.47. The Hall–Kier alpha value is -1.13. The zero-order chi connectivity index (χ0) is 9.14. The van der Waals surface area contributed by atoms with Crippen LogP contribution in [-0.2, 0) is 6.54 Å². The fraction of sp³-hybridized carbons (Fsp3) is 0.125. The molecule has 0 aliphatic heterocycles. The Balaban J connectivity index is 0.00000144. The van der Waals surface area contributed by atoms with Crippen LogP contribution in [0.5, 0.6) is 0 Å². The van der Waals surface area contributed by atoms with E-state index in [1.807, 2.05) is 0 Å².